The molecule has 114 valence electrons. The first-order chi connectivity index (χ1) is 10.6. The lowest BCUT2D eigenvalue weighted by Crippen LogP contribution is -2.29. The molecule has 0 fully saturated rings. The Morgan fingerprint density at radius 3 is 2.50 bits per heavy atom. The van der Waals surface area contributed by atoms with Crippen molar-refractivity contribution in [3.05, 3.63) is 69.8 Å². The molecule has 0 radical (unpaired) electrons. The first-order valence-corrected chi connectivity index (χ1v) is 6.90. The van der Waals surface area contributed by atoms with E-state index in [1.54, 1.807) is 24.3 Å². The van der Waals surface area contributed by atoms with Gasteiger partial charge in [0.1, 0.15) is 5.69 Å². The van der Waals surface area contributed by atoms with Gasteiger partial charge in [0, 0.05) is 24.7 Å². The van der Waals surface area contributed by atoms with Crippen LogP contribution in [0.25, 0.3) is 0 Å². The lowest BCUT2D eigenvalue weighted by atomic mass is 10.1. The van der Waals surface area contributed by atoms with Crippen LogP contribution in [-0.2, 0) is 0 Å². The Morgan fingerprint density at radius 1 is 1.09 bits per heavy atom. The molecule has 0 aliphatic heterocycles. The maximum Gasteiger partial charge on any atom is 0.292 e. The highest BCUT2D eigenvalue weighted by Gasteiger charge is 2.11. The van der Waals surface area contributed by atoms with E-state index in [0.717, 1.165) is 5.56 Å². The standard InChI is InChI=1S/C16H17N3O3/c1-12-6-2-3-7-13(12)16(20)18-11-10-17-14-8-4-5-9-15(14)19(21)22/h2-9,17H,10-11H2,1H3,(H,18,20). The molecule has 2 aromatic carbocycles. The number of nitro benzene ring substituents is 1. The van der Waals surface area contributed by atoms with Crippen LogP contribution in [0.5, 0.6) is 0 Å². The van der Waals surface area contributed by atoms with Gasteiger partial charge >= 0.3 is 0 Å². The molecule has 2 rings (SSSR count). The Kier molecular flexibility index (Phi) is 5.08. The van der Waals surface area contributed by atoms with Crippen LogP contribution in [0, 0.1) is 17.0 Å². The number of carbonyl (C=O) groups is 1. The molecule has 0 aliphatic rings. The third kappa shape index (κ3) is 3.82. The van der Waals surface area contributed by atoms with Crippen molar-refractivity contribution < 1.29 is 9.72 Å². The highest BCUT2D eigenvalue weighted by Crippen LogP contribution is 2.22. The Labute approximate surface area is 128 Å². The van der Waals surface area contributed by atoms with Crippen molar-refractivity contribution in [1.82, 2.24) is 5.32 Å². The van der Waals surface area contributed by atoms with Crippen LogP contribution in [0.4, 0.5) is 11.4 Å². The molecule has 0 bridgehead atoms. The largest absolute Gasteiger partial charge is 0.378 e. The topological polar surface area (TPSA) is 84.3 Å². The van der Waals surface area contributed by atoms with Crippen molar-refractivity contribution in [1.29, 1.82) is 0 Å². The first kappa shape index (κ1) is 15.5. The molecular weight excluding hydrogens is 282 g/mol. The SMILES string of the molecule is Cc1ccccc1C(=O)NCCNc1ccccc1[N+](=O)[O-]. The third-order valence-corrected chi connectivity index (χ3v) is 3.22. The molecular formula is C16H17N3O3. The molecule has 0 atom stereocenters. The van der Waals surface area contributed by atoms with Crippen molar-refractivity contribution in [2.75, 3.05) is 18.4 Å². The van der Waals surface area contributed by atoms with Gasteiger partial charge in [-0.25, -0.2) is 0 Å². The summed E-state index contributed by atoms with van der Waals surface area (Å²) in [4.78, 5) is 22.4. The van der Waals surface area contributed by atoms with Crippen LogP contribution >= 0.6 is 0 Å². The quantitative estimate of drug-likeness (QED) is 0.488. The van der Waals surface area contributed by atoms with Crippen LogP contribution in [0.2, 0.25) is 0 Å². The Balaban J connectivity index is 1.87. The summed E-state index contributed by atoms with van der Waals surface area (Å²) < 4.78 is 0. The number of aryl methyl sites for hydroxylation is 1. The molecule has 6 heteroatoms. The van der Waals surface area contributed by atoms with Gasteiger partial charge in [0.15, 0.2) is 0 Å². The summed E-state index contributed by atoms with van der Waals surface area (Å²) in [7, 11) is 0. The fourth-order valence-electron chi connectivity index (χ4n) is 2.08. The van der Waals surface area contributed by atoms with Gasteiger partial charge in [-0.05, 0) is 24.6 Å². The number of rotatable bonds is 6. The number of hydrogen-bond acceptors (Lipinski definition) is 4. The summed E-state index contributed by atoms with van der Waals surface area (Å²) in [6.45, 7) is 2.65. The normalized spacial score (nSPS) is 10.0. The van der Waals surface area contributed by atoms with Crippen LogP contribution < -0.4 is 10.6 Å². The molecule has 1 amide bonds. The number of para-hydroxylation sites is 2. The lowest BCUT2D eigenvalue weighted by Gasteiger charge is -2.09. The van der Waals surface area contributed by atoms with Gasteiger partial charge in [-0.1, -0.05) is 30.3 Å². The Bertz CT molecular complexity index is 686. The van der Waals surface area contributed by atoms with Gasteiger partial charge in [0.2, 0.25) is 0 Å². The number of carbonyl (C=O) groups excluding carboxylic acids is 1. The minimum atomic E-state index is -0.436. The minimum absolute atomic E-state index is 0.0210. The molecule has 0 saturated heterocycles. The highest BCUT2D eigenvalue weighted by atomic mass is 16.6. The van der Waals surface area contributed by atoms with Gasteiger partial charge in [-0.2, -0.15) is 0 Å². The van der Waals surface area contributed by atoms with E-state index in [1.165, 1.54) is 6.07 Å². The first-order valence-electron chi connectivity index (χ1n) is 6.90. The molecule has 0 saturated carbocycles. The number of nitrogens with zero attached hydrogens (tertiary/aromatic N) is 1. The summed E-state index contributed by atoms with van der Waals surface area (Å²) >= 11 is 0. The van der Waals surface area contributed by atoms with E-state index in [2.05, 4.69) is 10.6 Å². The van der Waals surface area contributed by atoms with Crippen molar-refractivity contribution in [2.45, 2.75) is 6.92 Å². The summed E-state index contributed by atoms with van der Waals surface area (Å²) in [5.41, 5.74) is 2.00. The second-order valence-corrected chi connectivity index (χ2v) is 4.77. The second kappa shape index (κ2) is 7.21. The number of nitrogens with one attached hydrogen (secondary N) is 2. The van der Waals surface area contributed by atoms with Crippen LogP contribution in [-0.4, -0.2) is 23.9 Å². The zero-order valence-corrected chi connectivity index (χ0v) is 12.2. The molecule has 0 heterocycles. The fourth-order valence-corrected chi connectivity index (χ4v) is 2.08. The summed E-state index contributed by atoms with van der Waals surface area (Å²) in [5.74, 6) is -0.150. The molecule has 0 unspecified atom stereocenters. The number of hydrogen-bond donors (Lipinski definition) is 2. The molecule has 2 N–H and O–H groups in total. The van der Waals surface area contributed by atoms with Gasteiger partial charge in [-0.3, -0.25) is 14.9 Å². The van der Waals surface area contributed by atoms with Crippen molar-refractivity contribution >= 4 is 17.3 Å². The lowest BCUT2D eigenvalue weighted by molar-refractivity contribution is -0.384. The highest BCUT2D eigenvalue weighted by molar-refractivity contribution is 5.95. The monoisotopic (exact) mass is 299 g/mol. The third-order valence-electron chi connectivity index (χ3n) is 3.22. The van der Waals surface area contributed by atoms with Crippen molar-refractivity contribution in [2.24, 2.45) is 0 Å². The van der Waals surface area contributed by atoms with Crippen molar-refractivity contribution in [3.8, 4) is 0 Å². The number of benzene rings is 2. The van der Waals surface area contributed by atoms with E-state index in [0.29, 0.717) is 24.3 Å². The zero-order valence-electron chi connectivity index (χ0n) is 12.2. The maximum atomic E-state index is 12.0. The number of anilines is 1. The van der Waals surface area contributed by atoms with E-state index in [4.69, 9.17) is 0 Å². The predicted octanol–water partition coefficient (Wildman–Crippen LogP) is 2.75. The summed E-state index contributed by atoms with van der Waals surface area (Å²) in [6.07, 6.45) is 0. The Morgan fingerprint density at radius 2 is 1.77 bits per heavy atom. The molecule has 22 heavy (non-hydrogen) atoms. The molecule has 0 aliphatic carbocycles. The maximum absolute atomic E-state index is 12.0. The van der Waals surface area contributed by atoms with Crippen LogP contribution in [0.1, 0.15) is 15.9 Å². The Hall–Kier alpha value is -2.89. The van der Waals surface area contributed by atoms with E-state index < -0.39 is 4.92 Å². The summed E-state index contributed by atoms with van der Waals surface area (Å²) in [6, 6.07) is 13.7. The number of nitro groups is 1. The van der Waals surface area contributed by atoms with E-state index in [1.807, 2.05) is 25.1 Å². The minimum Gasteiger partial charge on any atom is -0.378 e. The second-order valence-electron chi connectivity index (χ2n) is 4.77. The smallest absolute Gasteiger partial charge is 0.292 e. The van der Waals surface area contributed by atoms with E-state index in [9.17, 15) is 14.9 Å². The molecule has 0 aromatic heterocycles. The summed E-state index contributed by atoms with van der Waals surface area (Å²) in [5, 5.41) is 16.6. The zero-order chi connectivity index (χ0) is 15.9. The van der Waals surface area contributed by atoms with Gasteiger partial charge in [0.25, 0.3) is 11.6 Å². The average Bonchev–Trinajstić information content (AvgIpc) is 2.52. The van der Waals surface area contributed by atoms with Gasteiger partial charge in [0.05, 0.1) is 4.92 Å². The number of amides is 1. The average molecular weight is 299 g/mol. The van der Waals surface area contributed by atoms with Gasteiger partial charge in [-0.15, -0.1) is 0 Å². The fraction of sp³-hybridized carbons (Fsp3) is 0.188. The molecule has 2 aromatic rings. The van der Waals surface area contributed by atoms with E-state index in [-0.39, 0.29) is 11.6 Å². The van der Waals surface area contributed by atoms with Gasteiger partial charge < -0.3 is 10.6 Å². The molecule has 6 nitrogen and oxygen atoms in total. The molecule has 0 spiro atoms. The van der Waals surface area contributed by atoms with Crippen LogP contribution in [0.3, 0.4) is 0 Å². The van der Waals surface area contributed by atoms with E-state index >= 15 is 0 Å². The predicted molar refractivity (Wildman–Crippen MR) is 85.1 cm³/mol. The van der Waals surface area contributed by atoms with Crippen molar-refractivity contribution in [3.63, 3.8) is 0 Å². The van der Waals surface area contributed by atoms with Crippen LogP contribution in [0.15, 0.2) is 48.5 Å².